The number of esters is 2. The van der Waals surface area contributed by atoms with E-state index in [-0.39, 0.29) is 17.9 Å². The van der Waals surface area contributed by atoms with Crippen molar-refractivity contribution in [1.82, 2.24) is 0 Å². The van der Waals surface area contributed by atoms with E-state index < -0.39 is 5.41 Å². The Morgan fingerprint density at radius 1 is 0.963 bits per heavy atom. The lowest BCUT2D eigenvalue weighted by Gasteiger charge is -2.37. The van der Waals surface area contributed by atoms with Crippen molar-refractivity contribution in [3.8, 4) is 0 Å². The monoisotopic (exact) mass is 382 g/mol. The second-order valence-electron chi connectivity index (χ2n) is 8.85. The topological polar surface area (TPSA) is 52.6 Å². The van der Waals surface area contributed by atoms with Gasteiger partial charge in [0.25, 0.3) is 0 Å². The molecule has 0 amide bonds. The molecule has 4 heteroatoms. The van der Waals surface area contributed by atoms with Crippen LogP contribution in [0.2, 0.25) is 0 Å². The van der Waals surface area contributed by atoms with Crippen LogP contribution in [0.1, 0.15) is 105 Å². The van der Waals surface area contributed by atoms with Gasteiger partial charge in [0, 0.05) is 0 Å². The first-order chi connectivity index (χ1) is 12.9. The zero-order valence-corrected chi connectivity index (χ0v) is 18.2. The van der Waals surface area contributed by atoms with Gasteiger partial charge in [0.05, 0.1) is 24.5 Å². The van der Waals surface area contributed by atoms with Crippen LogP contribution in [0.4, 0.5) is 0 Å². The highest BCUT2D eigenvalue weighted by molar-refractivity contribution is 5.85. The number of carbonyl (C=O) groups excluding carboxylic acids is 2. The van der Waals surface area contributed by atoms with Crippen LogP contribution in [-0.4, -0.2) is 25.2 Å². The second-order valence-corrected chi connectivity index (χ2v) is 8.85. The standard InChI is InChI=1S/C23H42O4/c1-5-6-7-8-9-10-11-14-17-26-21(24)20-15-12-13-16-23(20,4)22(25)27-18-19(2)3/h19-20H,5-18H2,1-4H3. The summed E-state index contributed by atoms with van der Waals surface area (Å²) in [6.45, 7) is 9.04. The summed E-state index contributed by atoms with van der Waals surface area (Å²) < 4.78 is 11.0. The molecule has 0 spiro atoms. The van der Waals surface area contributed by atoms with Crippen LogP contribution in [0, 0.1) is 17.3 Å². The van der Waals surface area contributed by atoms with Gasteiger partial charge < -0.3 is 9.47 Å². The molecule has 2 unspecified atom stereocenters. The maximum absolute atomic E-state index is 12.6. The van der Waals surface area contributed by atoms with Crippen molar-refractivity contribution in [2.45, 2.75) is 105 Å². The predicted octanol–water partition coefficient (Wildman–Crippen LogP) is 6.07. The number of ether oxygens (including phenoxy) is 2. The van der Waals surface area contributed by atoms with Crippen LogP contribution < -0.4 is 0 Å². The summed E-state index contributed by atoms with van der Waals surface area (Å²) >= 11 is 0. The fraction of sp³-hybridized carbons (Fsp3) is 0.913. The van der Waals surface area contributed by atoms with Crippen molar-refractivity contribution < 1.29 is 19.1 Å². The highest BCUT2D eigenvalue weighted by Crippen LogP contribution is 2.43. The molecule has 1 rings (SSSR count). The van der Waals surface area contributed by atoms with Gasteiger partial charge in [-0.2, -0.15) is 0 Å². The van der Waals surface area contributed by atoms with Crippen molar-refractivity contribution in [2.75, 3.05) is 13.2 Å². The fourth-order valence-corrected chi connectivity index (χ4v) is 3.87. The van der Waals surface area contributed by atoms with Crippen molar-refractivity contribution in [3.05, 3.63) is 0 Å². The Balaban J connectivity index is 2.34. The summed E-state index contributed by atoms with van der Waals surface area (Å²) in [5.41, 5.74) is -0.733. The van der Waals surface area contributed by atoms with Crippen LogP contribution >= 0.6 is 0 Å². The molecule has 0 heterocycles. The lowest BCUT2D eigenvalue weighted by molar-refractivity contribution is -0.172. The summed E-state index contributed by atoms with van der Waals surface area (Å²) in [6, 6.07) is 0. The molecular weight excluding hydrogens is 340 g/mol. The molecule has 1 aliphatic rings. The first kappa shape index (κ1) is 24.0. The normalized spacial score (nSPS) is 22.6. The molecule has 0 aromatic heterocycles. The molecular formula is C23H42O4. The first-order valence-electron chi connectivity index (χ1n) is 11.3. The summed E-state index contributed by atoms with van der Waals surface area (Å²) in [7, 11) is 0. The molecule has 1 aliphatic carbocycles. The van der Waals surface area contributed by atoms with E-state index >= 15 is 0 Å². The van der Waals surface area contributed by atoms with E-state index in [9.17, 15) is 9.59 Å². The maximum Gasteiger partial charge on any atom is 0.312 e. The minimum atomic E-state index is -0.733. The minimum Gasteiger partial charge on any atom is -0.465 e. The Kier molecular flexibility index (Phi) is 11.7. The third kappa shape index (κ3) is 8.66. The molecule has 158 valence electrons. The van der Waals surface area contributed by atoms with Crippen molar-refractivity contribution in [1.29, 1.82) is 0 Å². The van der Waals surface area contributed by atoms with Gasteiger partial charge in [0.1, 0.15) is 0 Å². The van der Waals surface area contributed by atoms with E-state index in [1.165, 1.54) is 38.5 Å². The fourth-order valence-electron chi connectivity index (χ4n) is 3.87. The highest BCUT2D eigenvalue weighted by Gasteiger charge is 2.48. The quantitative estimate of drug-likeness (QED) is 0.287. The highest BCUT2D eigenvalue weighted by atomic mass is 16.5. The van der Waals surface area contributed by atoms with Gasteiger partial charge in [-0.3, -0.25) is 9.59 Å². The first-order valence-corrected chi connectivity index (χ1v) is 11.3. The largest absolute Gasteiger partial charge is 0.465 e. The van der Waals surface area contributed by atoms with E-state index in [4.69, 9.17) is 9.47 Å². The van der Waals surface area contributed by atoms with Crippen molar-refractivity contribution in [2.24, 2.45) is 17.3 Å². The molecule has 1 saturated carbocycles. The molecule has 0 bridgehead atoms. The Morgan fingerprint density at radius 2 is 1.59 bits per heavy atom. The molecule has 0 aromatic rings. The zero-order valence-electron chi connectivity index (χ0n) is 18.2. The Morgan fingerprint density at radius 3 is 2.22 bits per heavy atom. The van der Waals surface area contributed by atoms with Gasteiger partial charge in [0.2, 0.25) is 0 Å². The van der Waals surface area contributed by atoms with Gasteiger partial charge in [-0.25, -0.2) is 0 Å². The lowest BCUT2D eigenvalue weighted by atomic mass is 9.67. The summed E-state index contributed by atoms with van der Waals surface area (Å²) in [5.74, 6) is -0.500. The molecule has 4 nitrogen and oxygen atoms in total. The molecule has 0 saturated heterocycles. The average molecular weight is 383 g/mol. The van der Waals surface area contributed by atoms with E-state index in [1.807, 2.05) is 20.8 Å². The molecule has 0 aromatic carbocycles. The van der Waals surface area contributed by atoms with Gasteiger partial charge in [-0.1, -0.05) is 78.6 Å². The van der Waals surface area contributed by atoms with Crippen LogP contribution in [0.5, 0.6) is 0 Å². The molecule has 0 radical (unpaired) electrons. The van der Waals surface area contributed by atoms with Crippen LogP contribution in [0.15, 0.2) is 0 Å². The average Bonchev–Trinajstić information content (AvgIpc) is 2.64. The van der Waals surface area contributed by atoms with Gasteiger partial charge in [-0.15, -0.1) is 0 Å². The number of hydrogen-bond donors (Lipinski definition) is 0. The molecule has 1 fully saturated rings. The third-order valence-electron chi connectivity index (χ3n) is 5.75. The molecule has 2 atom stereocenters. The maximum atomic E-state index is 12.6. The second kappa shape index (κ2) is 13.2. The van der Waals surface area contributed by atoms with E-state index in [0.717, 1.165) is 32.1 Å². The van der Waals surface area contributed by atoms with Crippen LogP contribution in [0.25, 0.3) is 0 Å². The Bertz CT molecular complexity index is 432. The van der Waals surface area contributed by atoms with Gasteiger partial charge in [-0.05, 0) is 32.1 Å². The van der Waals surface area contributed by atoms with Crippen LogP contribution in [0.3, 0.4) is 0 Å². The molecule has 0 aliphatic heterocycles. The Labute approximate surface area is 166 Å². The molecule has 0 N–H and O–H groups in total. The van der Waals surface area contributed by atoms with E-state index in [1.54, 1.807) is 0 Å². The minimum absolute atomic E-state index is 0.207. The summed E-state index contributed by atoms with van der Waals surface area (Å²) in [4.78, 5) is 25.3. The Hall–Kier alpha value is -1.06. The predicted molar refractivity (Wildman–Crippen MR) is 109 cm³/mol. The lowest BCUT2D eigenvalue weighted by Crippen LogP contribution is -2.44. The van der Waals surface area contributed by atoms with Gasteiger partial charge in [0.15, 0.2) is 0 Å². The summed E-state index contributed by atoms with van der Waals surface area (Å²) in [6.07, 6.45) is 13.1. The van der Waals surface area contributed by atoms with Crippen molar-refractivity contribution in [3.63, 3.8) is 0 Å². The summed E-state index contributed by atoms with van der Waals surface area (Å²) in [5, 5.41) is 0. The molecule has 27 heavy (non-hydrogen) atoms. The van der Waals surface area contributed by atoms with Gasteiger partial charge >= 0.3 is 11.9 Å². The van der Waals surface area contributed by atoms with E-state index in [0.29, 0.717) is 25.6 Å². The van der Waals surface area contributed by atoms with Crippen LogP contribution in [-0.2, 0) is 19.1 Å². The third-order valence-corrected chi connectivity index (χ3v) is 5.75. The number of hydrogen-bond acceptors (Lipinski definition) is 4. The number of carbonyl (C=O) groups is 2. The zero-order chi connectivity index (χ0) is 20.1. The number of unbranched alkanes of at least 4 members (excludes halogenated alkanes) is 7. The SMILES string of the molecule is CCCCCCCCCCOC(=O)C1CCCCC1(C)C(=O)OCC(C)C. The number of rotatable bonds is 13. The smallest absolute Gasteiger partial charge is 0.312 e. The van der Waals surface area contributed by atoms with E-state index in [2.05, 4.69) is 6.92 Å². The van der Waals surface area contributed by atoms with Crippen molar-refractivity contribution >= 4 is 11.9 Å².